The van der Waals surface area contributed by atoms with Crippen LogP contribution >= 0.6 is 0 Å². The van der Waals surface area contributed by atoms with E-state index in [-0.39, 0.29) is 11.8 Å². The Morgan fingerprint density at radius 3 is 2.83 bits per heavy atom. The van der Waals surface area contributed by atoms with Gasteiger partial charge in [0.25, 0.3) is 5.91 Å². The lowest BCUT2D eigenvalue weighted by atomic mass is 9.92. The van der Waals surface area contributed by atoms with Gasteiger partial charge in [0.15, 0.2) is 0 Å². The molecule has 1 saturated heterocycles. The Labute approximate surface area is 171 Å². The number of carbonyl (C=O) groups excluding carboxylic acids is 1. The van der Waals surface area contributed by atoms with Gasteiger partial charge in [-0.05, 0) is 37.1 Å². The van der Waals surface area contributed by atoms with Crippen molar-refractivity contribution in [2.45, 2.75) is 31.8 Å². The first-order valence-electron chi connectivity index (χ1n) is 10.2. The zero-order valence-corrected chi connectivity index (χ0v) is 16.8. The van der Waals surface area contributed by atoms with Crippen molar-refractivity contribution in [1.29, 1.82) is 0 Å². The number of H-pyrrole nitrogens is 1. The number of aromatic nitrogens is 3. The molecule has 3 aromatic rings. The van der Waals surface area contributed by atoms with E-state index in [0.29, 0.717) is 12.1 Å². The van der Waals surface area contributed by atoms with Crippen LogP contribution in [-0.2, 0) is 13.1 Å². The first-order valence-corrected chi connectivity index (χ1v) is 10.2. The highest BCUT2D eigenvalue weighted by atomic mass is 16.2. The molecule has 6 heteroatoms. The van der Waals surface area contributed by atoms with E-state index >= 15 is 0 Å². The number of benzene rings is 1. The zero-order valence-electron chi connectivity index (χ0n) is 16.8. The first kappa shape index (κ1) is 19.3. The van der Waals surface area contributed by atoms with Crippen molar-refractivity contribution in [3.8, 4) is 0 Å². The van der Waals surface area contributed by atoms with Crippen LogP contribution in [0.2, 0.25) is 0 Å². The van der Waals surface area contributed by atoms with Gasteiger partial charge < -0.3 is 4.90 Å². The molecule has 1 unspecified atom stereocenters. The van der Waals surface area contributed by atoms with Crippen LogP contribution in [0.15, 0.2) is 60.9 Å². The molecule has 0 radical (unpaired) electrons. The van der Waals surface area contributed by atoms with Crippen LogP contribution in [0.1, 0.15) is 46.1 Å². The van der Waals surface area contributed by atoms with Crippen molar-refractivity contribution >= 4 is 5.91 Å². The van der Waals surface area contributed by atoms with E-state index in [9.17, 15) is 4.79 Å². The second-order valence-corrected chi connectivity index (χ2v) is 7.74. The van der Waals surface area contributed by atoms with Crippen molar-refractivity contribution in [3.05, 3.63) is 83.4 Å². The van der Waals surface area contributed by atoms with Crippen molar-refractivity contribution < 1.29 is 4.79 Å². The van der Waals surface area contributed by atoms with E-state index in [1.54, 1.807) is 11.1 Å². The molecule has 0 aliphatic carbocycles. The number of nitrogens with zero attached hydrogens (tertiary/aromatic N) is 4. The van der Waals surface area contributed by atoms with Gasteiger partial charge in [-0.2, -0.15) is 5.10 Å². The molecule has 1 N–H and O–H groups in total. The van der Waals surface area contributed by atoms with Crippen molar-refractivity contribution in [1.82, 2.24) is 25.0 Å². The summed E-state index contributed by atoms with van der Waals surface area (Å²) in [5.41, 5.74) is 3.85. The Morgan fingerprint density at radius 1 is 1.21 bits per heavy atom. The minimum absolute atomic E-state index is 0.0134. The minimum atomic E-state index is 0.0134. The molecule has 29 heavy (non-hydrogen) atoms. The fourth-order valence-corrected chi connectivity index (χ4v) is 4.07. The van der Waals surface area contributed by atoms with E-state index in [0.717, 1.165) is 49.4 Å². The summed E-state index contributed by atoms with van der Waals surface area (Å²) in [6.07, 6.45) is 5.68. The Hall–Kier alpha value is -2.99. The van der Waals surface area contributed by atoms with Crippen molar-refractivity contribution in [3.63, 3.8) is 0 Å². The second kappa shape index (κ2) is 9.01. The maximum atomic E-state index is 13.1. The molecule has 150 valence electrons. The van der Waals surface area contributed by atoms with Crippen LogP contribution < -0.4 is 0 Å². The molecule has 1 atom stereocenters. The highest BCUT2D eigenvalue weighted by molar-refractivity contribution is 5.95. The average Bonchev–Trinajstić information content (AvgIpc) is 3.25. The molecule has 6 nitrogen and oxygen atoms in total. The third kappa shape index (κ3) is 4.71. The summed E-state index contributed by atoms with van der Waals surface area (Å²) in [6, 6.07) is 16.1. The van der Waals surface area contributed by atoms with E-state index in [4.69, 9.17) is 0 Å². The lowest BCUT2D eigenvalue weighted by molar-refractivity contribution is 0.0782. The van der Waals surface area contributed by atoms with Crippen LogP contribution in [0.3, 0.4) is 0 Å². The zero-order chi connectivity index (χ0) is 20.1. The molecule has 1 aliphatic rings. The quantitative estimate of drug-likeness (QED) is 0.701. The summed E-state index contributed by atoms with van der Waals surface area (Å²) in [5, 5.41) is 7.33. The van der Waals surface area contributed by atoms with Gasteiger partial charge in [-0.15, -0.1) is 0 Å². The van der Waals surface area contributed by atoms with Gasteiger partial charge in [0.05, 0.1) is 23.1 Å². The Kier molecular flexibility index (Phi) is 6.00. The maximum Gasteiger partial charge on any atom is 0.257 e. The monoisotopic (exact) mass is 389 g/mol. The van der Waals surface area contributed by atoms with Crippen LogP contribution in [0.4, 0.5) is 0 Å². The standard InChI is InChI=1S/C23H27N5O/c1-27(15-18-8-3-2-4-9-18)23(29)21-14-25-26-22(21)19-10-7-13-28(16-19)17-20-11-5-6-12-24-20/h2-6,8-9,11-12,14,19H,7,10,13,15-17H2,1H3,(H,25,26). The number of hydrogen-bond acceptors (Lipinski definition) is 4. The number of aromatic amines is 1. The van der Waals surface area contributed by atoms with Gasteiger partial charge in [-0.3, -0.25) is 19.8 Å². The van der Waals surface area contributed by atoms with Gasteiger partial charge in [-0.1, -0.05) is 36.4 Å². The Balaban J connectivity index is 1.44. The molecule has 0 spiro atoms. The number of amides is 1. The molecule has 4 rings (SSSR count). The number of carbonyl (C=O) groups is 1. The fraction of sp³-hybridized carbons (Fsp3) is 0.348. The summed E-state index contributed by atoms with van der Waals surface area (Å²) in [7, 11) is 1.85. The summed E-state index contributed by atoms with van der Waals surface area (Å²) in [4.78, 5) is 21.7. The molecule has 1 amide bonds. The normalized spacial score (nSPS) is 17.2. The van der Waals surface area contributed by atoms with Gasteiger partial charge in [-0.25, -0.2) is 0 Å². The molecule has 1 aliphatic heterocycles. The molecule has 0 saturated carbocycles. The highest BCUT2D eigenvalue weighted by Gasteiger charge is 2.28. The topological polar surface area (TPSA) is 65.1 Å². The summed E-state index contributed by atoms with van der Waals surface area (Å²) in [6.45, 7) is 3.38. The van der Waals surface area contributed by atoms with Gasteiger partial charge >= 0.3 is 0 Å². The fourth-order valence-electron chi connectivity index (χ4n) is 4.07. The average molecular weight is 390 g/mol. The molecular weight excluding hydrogens is 362 g/mol. The van der Waals surface area contributed by atoms with Gasteiger partial charge in [0.1, 0.15) is 0 Å². The number of pyridine rings is 1. The Morgan fingerprint density at radius 2 is 2.03 bits per heavy atom. The van der Waals surface area contributed by atoms with Crippen LogP contribution in [0, 0.1) is 0 Å². The SMILES string of the molecule is CN(Cc1ccccc1)C(=O)c1cn[nH]c1C1CCCN(Cc2ccccn2)C1. The van der Waals surface area contributed by atoms with E-state index < -0.39 is 0 Å². The third-order valence-corrected chi connectivity index (χ3v) is 5.53. The number of nitrogens with one attached hydrogen (secondary N) is 1. The highest BCUT2D eigenvalue weighted by Crippen LogP contribution is 2.29. The molecule has 3 heterocycles. The van der Waals surface area contributed by atoms with E-state index in [1.165, 1.54) is 0 Å². The van der Waals surface area contributed by atoms with Crippen LogP contribution in [0.5, 0.6) is 0 Å². The number of piperidine rings is 1. The van der Waals surface area contributed by atoms with Crippen molar-refractivity contribution in [2.75, 3.05) is 20.1 Å². The number of likely N-dealkylation sites (tertiary alicyclic amines) is 1. The number of rotatable bonds is 6. The van der Waals surface area contributed by atoms with Crippen molar-refractivity contribution in [2.24, 2.45) is 0 Å². The maximum absolute atomic E-state index is 13.1. The van der Waals surface area contributed by atoms with Crippen LogP contribution in [-0.4, -0.2) is 51.0 Å². The van der Waals surface area contributed by atoms with E-state index in [1.807, 2.05) is 55.7 Å². The molecule has 2 aromatic heterocycles. The lowest BCUT2D eigenvalue weighted by Gasteiger charge is -2.32. The smallest absolute Gasteiger partial charge is 0.257 e. The molecule has 1 fully saturated rings. The number of hydrogen-bond donors (Lipinski definition) is 1. The molecular formula is C23H27N5O. The first-order chi connectivity index (χ1) is 14.2. The second-order valence-electron chi connectivity index (χ2n) is 7.74. The summed E-state index contributed by atoms with van der Waals surface area (Å²) < 4.78 is 0. The predicted molar refractivity (Wildman–Crippen MR) is 112 cm³/mol. The third-order valence-electron chi connectivity index (χ3n) is 5.53. The molecule has 1 aromatic carbocycles. The van der Waals surface area contributed by atoms with Gasteiger partial charge in [0.2, 0.25) is 0 Å². The minimum Gasteiger partial charge on any atom is -0.337 e. The summed E-state index contributed by atoms with van der Waals surface area (Å²) >= 11 is 0. The lowest BCUT2D eigenvalue weighted by Crippen LogP contribution is -2.35. The largest absolute Gasteiger partial charge is 0.337 e. The van der Waals surface area contributed by atoms with E-state index in [2.05, 4.69) is 26.1 Å². The van der Waals surface area contributed by atoms with Gasteiger partial charge in [0, 0.05) is 38.8 Å². The summed E-state index contributed by atoms with van der Waals surface area (Å²) in [5.74, 6) is 0.290. The Bertz CT molecular complexity index is 925. The van der Waals surface area contributed by atoms with Crippen LogP contribution in [0.25, 0.3) is 0 Å². The predicted octanol–water partition coefficient (Wildman–Crippen LogP) is 3.46. The molecule has 0 bridgehead atoms.